The lowest BCUT2D eigenvalue weighted by Crippen LogP contribution is -2.14. The van der Waals surface area contributed by atoms with E-state index in [1.807, 2.05) is 0 Å². The lowest BCUT2D eigenvalue weighted by molar-refractivity contribution is -0.137. The quantitative estimate of drug-likeness (QED) is 0.308. The highest BCUT2D eigenvalue weighted by atomic mass is 19.1. The molecule has 0 saturated carbocycles. The lowest BCUT2D eigenvalue weighted by atomic mass is 10.1. The normalized spacial score (nSPS) is 10.5. The number of benzene rings is 1. The highest BCUT2D eigenvalue weighted by molar-refractivity contribution is 6.11. The van der Waals surface area contributed by atoms with Crippen molar-refractivity contribution >= 4 is 23.2 Å². The van der Waals surface area contributed by atoms with Crippen LogP contribution in [-0.2, 0) is 4.79 Å². The van der Waals surface area contributed by atoms with Gasteiger partial charge in [-0.1, -0.05) is 6.42 Å². The second-order valence-electron chi connectivity index (χ2n) is 5.63. The molecule has 1 aromatic carbocycles. The Hall–Kier alpha value is -3.10. The fraction of sp³-hybridized carbons (Fsp3) is 0.294. The number of aromatic nitrogens is 2. The molecule has 0 amide bonds. The first-order chi connectivity index (χ1) is 12.4. The summed E-state index contributed by atoms with van der Waals surface area (Å²) in [6.07, 6.45) is 2.88. The summed E-state index contributed by atoms with van der Waals surface area (Å²) in [6, 6.07) is 3.61. The monoisotopic (exact) mass is 363 g/mol. The van der Waals surface area contributed by atoms with Crippen molar-refractivity contribution in [1.29, 1.82) is 5.41 Å². The molecular formula is C17H19F2N5O2. The number of rotatable bonds is 9. The van der Waals surface area contributed by atoms with Crippen LogP contribution in [0.2, 0.25) is 0 Å². The van der Waals surface area contributed by atoms with Crippen LogP contribution in [0, 0.1) is 17.0 Å². The maximum absolute atomic E-state index is 13.8. The molecular weight excluding hydrogens is 344 g/mol. The van der Waals surface area contributed by atoms with Gasteiger partial charge >= 0.3 is 5.97 Å². The molecule has 0 bridgehead atoms. The third-order valence-electron chi connectivity index (χ3n) is 3.61. The van der Waals surface area contributed by atoms with Crippen molar-refractivity contribution in [1.82, 2.24) is 9.97 Å². The predicted octanol–water partition coefficient (Wildman–Crippen LogP) is 2.81. The van der Waals surface area contributed by atoms with Gasteiger partial charge in [-0.15, -0.1) is 0 Å². The van der Waals surface area contributed by atoms with Crippen LogP contribution in [0.25, 0.3) is 0 Å². The Bertz CT molecular complexity index is 814. The highest BCUT2D eigenvalue weighted by Gasteiger charge is 2.15. The van der Waals surface area contributed by atoms with Gasteiger partial charge in [0.25, 0.3) is 0 Å². The van der Waals surface area contributed by atoms with Crippen LogP contribution >= 0.6 is 0 Å². The average molecular weight is 363 g/mol. The number of halogens is 2. The predicted molar refractivity (Wildman–Crippen MR) is 93.3 cm³/mol. The van der Waals surface area contributed by atoms with Crippen LogP contribution in [0.1, 0.15) is 37.1 Å². The van der Waals surface area contributed by atoms with Crippen LogP contribution < -0.4 is 11.1 Å². The maximum Gasteiger partial charge on any atom is 0.303 e. The molecule has 2 rings (SSSR count). The Balaban J connectivity index is 2.03. The molecule has 0 radical (unpaired) electrons. The number of nitrogens with zero attached hydrogens (tertiary/aromatic N) is 2. The molecule has 0 atom stereocenters. The minimum Gasteiger partial charge on any atom is -0.481 e. The van der Waals surface area contributed by atoms with Gasteiger partial charge in [-0.3, -0.25) is 10.2 Å². The largest absolute Gasteiger partial charge is 0.481 e. The first-order valence-electron chi connectivity index (χ1n) is 8.01. The van der Waals surface area contributed by atoms with Crippen molar-refractivity contribution in [3.05, 3.63) is 47.4 Å². The van der Waals surface area contributed by atoms with Gasteiger partial charge in [-0.2, -0.15) is 0 Å². The van der Waals surface area contributed by atoms with Crippen LogP contribution in [0.5, 0.6) is 0 Å². The van der Waals surface area contributed by atoms with E-state index < -0.39 is 17.6 Å². The number of aliphatic carboxylic acids is 1. The smallest absolute Gasteiger partial charge is 0.303 e. The van der Waals surface area contributed by atoms with E-state index in [2.05, 4.69) is 15.3 Å². The van der Waals surface area contributed by atoms with E-state index in [9.17, 15) is 13.6 Å². The standard InChI is InChI=1S/C17H19F2N5O2/c18-10-5-6-13(20)11(8-10)15(21)17-23-9-12(19)16(24-17)22-7-3-1-2-4-14(25)26/h5-6,8-9,21H,1-4,7,20H2,(H,25,26)(H,22,23,24). The molecule has 1 heterocycles. The second kappa shape index (κ2) is 8.84. The van der Waals surface area contributed by atoms with Crippen LogP contribution in [0.4, 0.5) is 20.3 Å². The maximum atomic E-state index is 13.8. The molecule has 0 aliphatic carbocycles. The van der Waals surface area contributed by atoms with Crippen molar-refractivity contribution in [3.63, 3.8) is 0 Å². The molecule has 1 aromatic heterocycles. The minimum atomic E-state index is -0.848. The van der Waals surface area contributed by atoms with Gasteiger partial charge in [0, 0.05) is 24.2 Å². The summed E-state index contributed by atoms with van der Waals surface area (Å²) in [6.45, 7) is 0.391. The third kappa shape index (κ3) is 5.20. The van der Waals surface area contributed by atoms with Gasteiger partial charge in [-0.25, -0.2) is 18.7 Å². The number of hydrogen-bond donors (Lipinski definition) is 4. The Kier molecular flexibility index (Phi) is 6.54. The zero-order chi connectivity index (χ0) is 19.1. The number of hydrogen-bond acceptors (Lipinski definition) is 6. The van der Waals surface area contributed by atoms with Gasteiger partial charge in [0.2, 0.25) is 0 Å². The molecule has 0 aliphatic rings. The van der Waals surface area contributed by atoms with Crippen molar-refractivity contribution in [2.45, 2.75) is 25.7 Å². The first kappa shape index (κ1) is 19.2. The van der Waals surface area contributed by atoms with Crippen molar-refractivity contribution in [2.75, 3.05) is 17.6 Å². The van der Waals surface area contributed by atoms with Gasteiger partial charge in [0.05, 0.1) is 6.20 Å². The van der Waals surface area contributed by atoms with Crippen molar-refractivity contribution < 1.29 is 18.7 Å². The van der Waals surface area contributed by atoms with E-state index in [1.54, 1.807) is 0 Å². The van der Waals surface area contributed by atoms with E-state index in [-0.39, 0.29) is 35.0 Å². The first-order valence-corrected chi connectivity index (χ1v) is 8.01. The van der Waals surface area contributed by atoms with Gasteiger partial charge in [-0.05, 0) is 31.0 Å². The summed E-state index contributed by atoms with van der Waals surface area (Å²) in [4.78, 5) is 18.2. The number of carbonyl (C=O) groups is 1. The number of nitrogen functional groups attached to an aromatic ring is 1. The molecule has 0 unspecified atom stereocenters. The molecule has 9 heteroatoms. The minimum absolute atomic E-state index is 0.0760. The summed E-state index contributed by atoms with van der Waals surface area (Å²) in [5.41, 5.74) is 5.85. The Morgan fingerprint density at radius 2 is 2.04 bits per heavy atom. The summed E-state index contributed by atoms with van der Waals surface area (Å²) < 4.78 is 27.2. The van der Waals surface area contributed by atoms with Crippen LogP contribution in [0.3, 0.4) is 0 Å². The van der Waals surface area contributed by atoms with Gasteiger partial charge < -0.3 is 16.2 Å². The van der Waals surface area contributed by atoms with Crippen LogP contribution in [0.15, 0.2) is 24.4 Å². The molecule has 26 heavy (non-hydrogen) atoms. The fourth-order valence-electron chi connectivity index (χ4n) is 2.26. The fourth-order valence-corrected chi connectivity index (χ4v) is 2.26. The molecule has 7 nitrogen and oxygen atoms in total. The molecule has 0 aliphatic heterocycles. The Labute approximate surface area is 148 Å². The number of carboxylic acid groups (broad SMARTS) is 1. The molecule has 5 N–H and O–H groups in total. The molecule has 2 aromatic rings. The van der Waals surface area contributed by atoms with Crippen molar-refractivity contribution in [3.8, 4) is 0 Å². The van der Waals surface area contributed by atoms with E-state index in [0.717, 1.165) is 12.3 Å². The molecule has 0 saturated heterocycles. The highest BCUT2D eigenvalue weighted by Crippen LogP contribution is 2.18. The molecule has 138 valence electrons. The zero-order valence-corrected chi connectivity index (χ0v) is 13.9. The number of anilines is 2. The topological polar surface area (TPSA) is 125 Å². The van der Waals surface area contributed by atoms with Gasteiger partial charge in [0.15, 0.2) is 17.5 Å². The summed E-state index contributed by atoms with van der Waals surface area (Å²) in [5, 5.41) is 19.5. The third-order valence-corrected chi connectivity index (χ3v) is 3.61. The number of nitrogens with one attached hydrogen (secondary N) is 2. The van der Waals surface area contributed by atoms with E-state index in [4.69, 9.17) is 16.2 Å². The Morgan fingerprint density at radius 1 is 1.27 bits per heavy atom. The zero-order valence-electron chi connectivity index (χ0n) is 13.9. The average Bonchev–Trinajstić information content (AvgIpc) is 2.60. The summed E-state index contributed by atoms with van der Waals surface area (Å²) in [5.74, 6) is -2.25. The Morgan fingerprint density at radius 3 is 2.77 bits per heavy atom. The number of carboxylic acids is 1. The lowest BCUT2D eigenvalue weighted by Gasteiger charge is -2.10. The molecule has 0 fully saturated rings. The summed E-state index contributed by atoms with van der Waals surface area (Å²) in [7, 11) is 0. The SMILES string of the molecule is N=C(c1ncc(F)c(NCCCCCC(=O)O)n1)c1cc(F)ccc1N. The second-order valence-corrected chi connectivity index (χ2v) is 5.63. The van der Waals surface area contributed by atoms with E-state index in [1.165, 1.54) is 12.1 Å². The van der Waals surface area contributed by atoms with E-state index in [0.29, 0.717) is 25.8 Å². The van der Waals surface area contributed by atoms with Crippen molar-refractivity contribution in [2.24, 2.45) is 0 Å². The molecule has 0 spiro atoms. The summed E-state index contributed by atoms with van der Waals surface area (Å²) >= 11 is 0. The van der Waals surface area contributed by atoms with E-state index >= 15 is 0 Å². The number of unbranched alkanes of at least 4 members (excludes halogenated alkanes) is 2. The van der Waals surface area contributed by atoms with Crippen LogP contribution in [-0.4, -0.2) is 33.3 Å². The number of nitrogens with two attached hydrogens (primary N) is 1. The van der Waals surface area contributed by atoms with Gasteiger partial charge in [0.1, 0.15) is 11.5 Å².